The van der Waals surface area contributed by atoms with Crippen LogP contribution in [0.2, 0.25) is 0 Å². The molecule has 1 fully saturated rings. The largest absolute Gasteiger partial charge is 0.348 e. The summed E-state index contributed by atoms with van der Waals surface area (Å²) >= 11 is 0. The zero-order valence-corrected chi connectivity index (χ0v) is 15.5. The van der Waals surface area contributed by atoms with Crippen molar-refractivity contribution >= 4 is 17.4 Å². The third-order valence-corrected chi connectivity index (χ3v) is 5.10. The predicted octanol–water partition coefficient (Wildman–Crippen LogP) is 4.46. The Kier molecular flexibility index (Phi) is 5.02. The molecular formula is C22H21FN4O. The van der Waals surface area contributed by atoms with E-state index in [4.69, 9.17) is 0 Å². The number of halogens is 1. The standard InChI is InChI=1S/C22H21FN4O/c1-15-12-13-27(21(15)16-6-5-7-17(23)14-16)20-11-10-19(25-26-20)22(28)24-18-8-3-2-4-9-18/h2-11,14-15,21H,12-13H2,1H3,(H,24,28). The van der Waals surface area contributed by atoms with E-state index >= 15 is 0 Å². The number of anilines is 2. The fourth-order valence-corrected chi connectivity index (χ4v) is 3.72. The van der Waals surface area contributed by atoms with Crippen LogP contribution in [-0.2, 0) is 0 Å². The Bertz CT molecular complexity index is 962. The fourth-order valence-electron chi connectivity index (χ4n) is 3.72. The zero-order chi connectivity index (χ0) is 19.5. The highest BCUT2D eigenvalue weighted by Crippen LogP contribution is 2.39. The smallest absolute Gasteiger partial charge is 0.276 e. The first-order chi connectivity index (χ1) is 13.6. The molecule has 0 radical (unpaired) electrons. The molecule has 1 aliphatic rings. The SMILES string of the molecule is CC1CCN(c2ccc(C(=O)Nc3ccccc3)nn2)C1c1cccc(F)c1. The van der Waals surface area contributed by atoms with Crippen molar-refractivity contribution in [2.24, 2.45) is 5.92 Å². The Morgan fingerprint density at radius 2 is 1.89 bits per heavy atom. The van der Waals surface area contributed by atoms with Gasteiger partial charge in [0, 0.05) is 12.2 Å². The van der Waals surface area contributed by atoms with Crippen LogP contribution in [0.25, 0.3) is 0 Å². The third-order valence-electron chi connectivity index (χ3n) is 5.10. The molecule has 1 aromatic heterocycles. The van der Waals surface area contributed by atoms with E-state index in [1.165, 1.54) is 6.07 Å². The molecule has 3 aromatic rings. The maximum Gasteiger partial charge on any atom is 0.276 e. The molecule has 0 bridgehead atoms. The van der Waals surface area contributed by atoms with Gasteiger partial charge in [0.15, 0.2) is 11.5 Å². The molecule has 142 valence electrons. The molecule has 5 nitrogen and oxygen atoms in total. The van der Waals surface area contributed by atoms with Crippen LogP contribution in [0.15, 0.2) is 66.7 Å². The lowest BCUT2D eigenvalue weighted by Gasteiger charge is -2.28. The number of amides is 1. The zero-order valence-electron chi connectivity index (χ0n) is 15.5. The number of nitrogens with one attached hydrogen (secondary N) is 1. The van der Waals surface area contributed by atoms with Crippen molar-refractivity contribution in [3.05, 3.63) is 83.8 Å². The molecule has 1 amide bonds. The molecule has 4 rings (SSSR count). The molecule has 0 spiro atoms. The number of rotatable bonds is 4. The summed E-state index contributed by atoms with van der Waals surface area (Å²) in [6.45, 7) is 2.97. The highest BCUT2D eigenvalue weighted by Gasteiger charge is 2.33. The maximum absolute atomic E-state index is 13.7. The lowest BCUT2D eigenvalue weighted by atomic mass is 9.95. The summed E-state index contributed by atoms with van der Waals surface area (Å²) in [5.74, 6) is 0.511. The van der Waals surface area contributed by atoms with Gasteiger partial charge in [-0.05, 0) is 54.3 Å². The summed E-state index contributed by atoms with van der Waals surface area (Å²) in [5, 5.41) is 11.2. The second-order valence-corrected chi connectivity index (χ2v) is 7.06. The Hall–Kier alpha value is -3.28. The molecule has 0 aliphatic carbocycles. The Balaban J connectivity index is 1.53. The lowest BCUT2D eigenvalue weighted by Crippen LogP contribution is -2.26. The number of nitrogens with zero attached hydrogens (tertiary/aromatic N) is 3. The average molecular weight is 376 g/mol. The molecule has 0 saturated carbocycles. The molecule has 1 N–H and O–H groups in total. The van der Waals surface area contributed by atoms with E-state index in [9.17, 15) is 9.18 Å². The van der Waals surface area contributed by atoms with Crippen molar-refractivity contribution in [2.75, 3.05) is 16.8 Å². The molecule has 6 heteroatoms. The quantitative estimate of drug-likeness (QED) is 0.731. The normalized spacial score (nSPS) is 18.9. The van der Waals surface area contributed by atoms with E-state index in [1.807, 2.05) is 36.4 Å². The topological polar surface area (TPSA) is 58.1 Å². The lowest BCUT2D eigenvalue weighted by molar-refractivity contribution is 0.102. The van der Waals surface area contributed by atoms with E-state index in [2.05, 4.69) is 27.3 Å². The number of benzene rings is 2. The van der Waals surface area contributed by atoms with E-state index in [0.717, 1.165) is 18.5 Å². The number of para-hydroxylation sites is 1. The second kappa shape index (κ2) is 7.76. The molecule has 2 atom stereocenters. The molecule has 28 heavy (non-hydrogen) atoms. The van der Waals surface area contributed by atoms with Gasteiger partial charge in [0.1, 0.15) is 5.82 Å². The number of carbonyl (C=O) groups is 1. The fraction of sp³-hybridized carbons (Fsp3) is 0.227. The number of hydrogen-bond acceptors (Lipinski definition) is 4. The van der Waals surface area contributed by atoms with Crippen LogP contribution >= 0.6 is 0 Å². The Labute approximate surface area is 163 Å². The van der Waals surface area contributed by atoms with Crippen molar-refractivity contribution in [1.82, 2.24) is 10.2 Å². The van der Waals surface area contributed by atoms with Gasteiger partial charge in [-0.3, -0.25) is 4.79 Å². The van der Waals surface area contributed by atoms with Crippen molar-refractivity contribution in [3.63, 3.8) is 0 Å². The summed E-state index contributed by atoms with van der Waals surface area (Å²) in [6, 6.07) is 19.4. The van der Waals surface area contributed by atoms with E-state index in [1.54, 1.807) is 24.3 Å². The van der Waals surface area contributed by atoms with Crippen LogP contribution in [0.5, 0.6) is 0 Å². The molecule has 2 unspecified atom stereocenters. The van der Waals surface area contributed by atoms with Crippen LogP contribution in [0.4, 0.5) is 15.9 Å². The van der Waals surface area contributed by atoms with Crippen LogP contribution in [0.1, 0.15) is 35.4 Å². The number of carbonyl (C=O) groups excluding carboxylic acids is 1. The highest BCUT2D eigenvalue weighted by atomic mass is 19.1. The number of aromatic nitrogens is 2. The molecule has 2 aromatic carbocycles. The Morgan fingerprint density at radius 3 is 2.61 bits per heavy atom. The highest BCUT2D eigenvalue weighted by molar-refractivity contribution is 6.02. The third kappa shape index (κ3) is 3.71. The van der Waals surface area contributed by atoms with Gasteiger partial charge in [0.2, 0.25) is 0 Å². The summed E-state index contributed by atoms with van der Waals surface area (Å²) in [7, 11) is 0. The first-order valence-electron chi connectivity index (χ1n) is 9.34. The summed E-state index contributed by atoms with van der Waals surface area (Å²) in [4.78, 5) is 14.5. The summed E-state index contributed by atoms with van der Waals surface area (Å²) in [6.07, 6.45) is 0.985. The predicted molar refractivity (Wildman–Crippen MR) is 107 cm³/mol. The first-order valence-corrected chi connectivity index (χ1v) is 9.34. The van der Waals surface area contributed by atoms with Gasteiger partial charge in [-0.25, -0.2) is 4.39 Å². The molecule has 1 aliphatic heterocycles. The van der Waals surface area contributed by atoms with Crippen molar-refractivity contribution in [1.29, 1.82) is 0 Å². The molecule has 1 saturated heterocycles. The van der Waals surface area contributed by atoms with Crippen LogP contribution < -0.4 is 10.2 Å². The van der Waals surface area contributed by atoms with Gasteiger partial charge in [-0.1, -0.05) is 37.3 Å². The minimum Gasteiger partial charge on any atom is -0.348 e. The number of hydrogen-bond donors (Lipinski definition) is 1. The minimum absolute atomic E-state index is 0.0361. The summed E-state index contributed by atoms with van der Waals surface area (Å²) < 4.78 is 13.7. The monoisotopic (exact) mass is 376 g/mol. The first kappa shape index (κ1) is 18.1. The van der Waals surface area contributed by atoms with Crippen LogP contribution in [-0.4, -0.2) is 22.6 Å². The maximum atomic E-state index is 13.7. The molecular weight excluding hydrogens is 355 g/mol. The van der Waals surface area contributed by atoms with Crippen molar-refractivity contribution < 1.29 is 9.18 Å². The van der Waals surface area contributed by atoms with E-state index < -0.39 is 0 Å². The minimum atomic E-state index is -0.304. The molecule has 2 heterocycles. The van der Waals surface area contributed by atoms with Crippen molar-refractivity contribution in [3.8, 4) is 0 Å². The van der Waals surface area contributed by atoms with Gasteiger partial charge in [-0.15, -0.1) is 10.2 Å². The second-order valence-electron chi connectivity index (χ2n) is 7.06. The van der Waals surface area contributed by atoms with E-state index in [-0.39, 0.29) is 23.5 Å². The van der Waals surface area contributed by atoms with Crippen molar-refractivity contribution in [2.45, 2.75) is 19.4 Å². The van der Waals surface area contributed by atoms with Crippen LogP contribution in [0, 0.1) is 11.7 Å². The van der Waals surface area contributed by atoms with Gasteiger partial charge in [0.25, 0.3) is 5.91 Å². The van der Waals surface area contributed by atoms with Gasteiger partial charge in [-0.2, -0.15) is 0 Å². The van der Waals surface area contributed by atoms with Gasteiger partial charge >= 0.3 is 0 Å². The Morgan fingerprint density at radius 1 is 1.07 bits per heavy atom. The average Bonchev–Trinajstić information content (AvgIpc) is 3.10. The summed E-state index contributed by atoms with van der Waals surface area (Å²) in [5.41, 5.74) is 1.89. The van der Waals surface area contributed by atoms with Gasteiger partial charge < -0.3 is 10.2 Å². The van der Waals surface area contributed by atoms with Gasteiger partial charge in [0.05, 0.1) is 6.04 Å². The van der Waals surface area contributed by atoms with E-state index in [0.29, 0.717) is 17.4 Å². The van der Waals surface area contributed by atoms with Crippen LogP contribution in [0.3, 0.4) is 0 Å².